The molecule has 0 saturated carbocycles. The SMILES string of the molecule is CCCCCC(C)(C)c1cc(-n2nc3ccc(SCCCC)cc3n2)c(O)c(C(C)(C)c2ccccc2)c1. The first-order chi connectivity index (χ1) is 18.2. The van der Waals surface area contributed by atoms with Crippen LogP contribution in [0.5, 0.6) is 5.75 Å². The molecular formula is C33H43N3OS. The molecular weight excluding hydrogens is 486 g/mol. The molecule has 4 nitrogen and oxygen atoms in total. The number of hydrogen-bond donors (Lipinski definition) is 1. The Balaban J connectivity index is 1.83. The smallest absolute Gasteiger partial charge is 0.147 e. The molecule has 0 unspecified atom stereocenters. The lowest BCUT2D eigenvalue weighted by Crippen LogP contribution is -2.23. The average Bonchev–Trinajstić information content (AvgIpc) is 3.32. The molecule has 0 saturated heterocycles. The van der Waals surface area contributed by atoms with Gasteiger partial charge < -0.3 is 5.11 Å². The van der Waals surface area contributed by atoms with Crippen molar-refractivity contribution in [1.82, 2.24) is 15.0 Å². The molecule has 1 aromatic heterocycles. The maximum atomic E-state index is 11.8. The van der Waals surface area contributed by atoms with Crippen molar-refractivity contribution < 1.29 is 5.11 Å². The van der Waals surface area contributed by atoms with Crippen LogP contribution in [-0.2, 0) is 10.8 Å². The number of nitrogens with zero attached hydrogens (tertiary/aromatic N) is 3. The van der Waals surface area contributed by atoms with Crippen LogP contribution in [0.3, 0.4) is 0 Å². The second kappa shape index (κ2) is 11.9. The Labute approximate surface area is 232 Å². The lowest BCUT2D eigenvalue weighted by Gasteiger charge is -2.32. The molecule has 0 amide bonds. The van der Waals surface area contributed by atoms with Crippen LogP contribution < -0.4 is 0 Å². The van der Waals surface area contributed by atoms with Crippen LogP contribution in [0.4, 0.5) is 0 Å². The van der Waals surface area contributed by atoms with Gasteiger partial charge in [-0.2, -0.15) is 0 Å². The maximum Gasteiger partial charge on any atom is 0.147 e. The fourth-order valence-electron chi connectivity index (χ4n) is 5.04. The van der Waals surface area contributed by atoms with Gasteiger partial charge in [0.2, 0.25) is 0 Å². The molecule has 38 heavy (non-hydrogen) atoms. The van der Waals surface area contributed by atoms with Crippen molar-refractivity contribution in [3.8, 4) is 11.4 Å². The zero-order valence-corrected chi connectivity index (χ0v) is 24.7. The molecule has 1 N–H and O–H groups in total. The second-order valence-electron chi connectivity index (χ2n) is 11.6. The highest BCUT2D eigenvalue weighted by atomic mass is 32.2. The van der Waals surface area contributed by atoms with Crippen molar-refractivity contribution in [2.75, 3.05) is 5.75 Å². The number of phenolic OH excluding ortho intramolecular Hbond substituents is 1. The summed E-state index contributed by atoms with van der Waals surface area (Å²) in [5.41, 5.74) is 5.15. The van der Waals surface area contributed by atoms with Crippen LogP contribution in [0.2, 0.25) is 0 Å². The van der Waals surface area contributed by atoms with Gasteiger partial charge in [-0.25, -0.2) is 0 Å². The molecule has 0 bridgehead atoms. The van der Waals surface area contributed by atoms with Crippen molar-refractivity contribution in [2.24, 2.45) is 0 Å². The van der Waals surface area contributed by atoms with Crippen molar-refractivity contribution in [2.45, 2.75) is 95.8 Å². The van der Waals surface area contributed by atoms with E-state index in [1.807, 2.05) is 23.9 Å². The first kappa shape index (κ1) is 28.2. The Morgan fingerprint density at radius 3 is 2.21 bits per heavy atom. The van der Waals surface area contributed by atoms with E-state index in [0.717, 1.165) is 34.3 Å². The number of hydrogen-bond acceptors (Lipinski definition) is 4. The summed E-state index contributed by atoms with van der Waals surface area (Å²) in [6, 6.07) is 21.0. The summed E-state index contributed by atoms with van der Waals surface area (Å²) in [5.74, 6) is 1.34. The first-order valence-corrected chi connectivity index (χ1v) is 15.1. The van der Waals surface area contributed by atoms with Crippen molar-refractivity contribution in [3.63, 3.8) is 0 Å². The minimum Gasteiger partial charge on any atom is -0.505 e. The molecule has 0 aliphatic carbocycles. The fourth-order valence-corrected chi connectivity index (χ4v) is 6.06. The highest BCUT2D eigenvalue weighted by Gasteiger charge is 2.32. The zero-order chi connectivity index (χ0) is 27.3. The fraction of sp³-hybridized carbons (Fsp3) is 0.455. The number of thioether (sulfide) groups is 1. The Bertz CT molecular complexity index is 1360. The highest BCUT2D eigenvalue weighted by molar-refractivity contribution is 7.99. The molecule has 0 fully saturated rings. The van der Waals surface area contributed by atoms with Gasteiger partial charge in [-0.3, -0.25) is 0 Å². The Kier molecular flexibility index (Phi) is 8.87. The molecule has 4 rings (SSSR count). The minimum atomic E-state index is -0.398. The van der Waals surface area contributed by atoms with Gasteiger partial charge in [0.15, 0.2) is 0 Å². The van der Waals surface area contributed by atoms with E-state index < -0.39 is 5.41 Å². The van der Waals surface area contributed by atoms with Gasteiger partial charge in [-0.15, -0.1) is 26.8 Å². The quantitative estimate of drug-likeness (QED) is 0.147. The summed E-state index contributed by atoms with van der Waals surface area (Å²) in [4.78, 5) is 2.84. The van der Waals surface area contributed by atoms with Crippen molar-refractivity contribution >= 4 is 22.8 Å². The molecule has 5 heteroatoms. The van der Waals surface area contributed by atoms with E-state index in [-0.39, 0.29) is 11.2 Å². The largest absolute Gasteiger partial charge is 0.505 e. The summed E-state index contributed by atoms with van der Waals surface area (Å²) in [6.07, 6.45) is 7.08. The summed E-state index contributed by atoms with van der Waals surface area (Å²) < 4.78 is 0. The lowest BCUT2D eigenvalue weighted by molar-refractivity contribution is 0.433. The predicted molar refractivity (Wildman–Crippen MR) is 162 cm³/mol. The molecule has 4 aromatic rings. The monoisotopic (exact) mass is 529 g/mol. The summed E-state index contributed by atoms with van der Waals surface area (Å²) in [6.45, 7) is 13.4. The highest BCUT2D eigenvalue weighted by Crippen LogP contribution is 2.43. The third-order valence-electron chi connectivity index (χ3n) is 7.78. The topological polar surface area (TPSA) is 50.9 Å². The van der Waals surface area contributed by atoms with Gasteiger partial charge >= 0.3 is 0 Å². The van der Waals surface area contributed by atoms with E-state index >= 15 is 0 Å². The van der Waals surface area contributed by atoms with Crippen LogP contribution in [0.1, 0.15) is 96.8 Å². The lowest BCUT2D eigenvalue weighted by atomic mass is 9.73. The molecule has 1 heterocycles. The number of benzene rings is 3. The van der Waals surface area contributed by atoms with Crippen LogP contribution in [-0.4, -0.2) is 25.9 Å². The first-order valence-electron chi connectivity index (χ1n) is 14.1. The van der Waals surface area contributed by atoms with Crippen molar-refractivity contribution in [3.05, 3.63) is 77.4 Å². The van der Waals surface area contributed by atoms with Gasteiger partial charge in [0, 0.05) is 15.9 Å². The normalized spacial score (nSPS) is 12.4. The summed E-state index contributed by atoms with van der Waals surface area (Å²) in [7, 11) is 0. The van der Waals surface area contributed by atoms with Crippen LogP contribution in [0.25, 0.3) is 16.7 Å². The van der Waals surface area contributed by atoms with E-state index in [9.17, 15) is 5.11 Å². The maximum absolute atomic E-state index is 11.8. The van der Waals surface area contributed by atoms with Gasteiger partial charge in [-0.05, 0) is 59.4 Å². The molecule has 3 aromatic carbocycles. The third-order valence-corrected chi connectivity index (χ3v) is 8.86. The van der Waals surface area contributed by atoms with Crippen LogP contribution >= 0.6 is 11.8 Å². The van der Waals surface area contributed by atoms with E-state index in [0.29, 0.717) is 5.69 Å². The van der Waals surface area contributed by atoms with E-state index in [4.69, 9.17) is 10.2 Å². The summed E-state index contributed by atoms with van der Waals surface area (Å²) in [5, 5.41) is 21.4. The molecule has 0 spiro atoms. The average molecular weight is 530 g/mol. The number of phenols is 1. The molecule has 0 radical (unpaired) electrons. The van der Waals surface area contributed by atoms with Crippen molar-refractivity contribution in [1.29, 1.82) is 0 Å². The van der Waals surface area contributed by atoms with Gasteiger partial charge in [0.05, 0.1) is 0 Å². The van der Waals surface area contributed by atoms with E-state index in [1.54, 1.807) is 4.80 Å². The Morgan fingerprint density at radius 1 is 0.789 bits per heavy atom. The Morgan fingerprint density at radius 2 is 1.50 bits per heavy atom. The molecule has 0 aliphatic heterocycles. The minimum absolute atomic E-state index is 0.0468. The van der Waals surface area contributed by atoms with Gasteiger partial charge in [0.1, 0.15) is 22.5 Å². The standard InChI is InChI=1S/C33H43N3OS/c1-7-9-14-19-32(3,4)25-21-27(33(5,6)24-15-12-11-13-16-24)31(37)30(22-25)36-34-28-18-17-26(23-29(28)35-36)38-20-10-8-2/h11-13,15-18,21-23,37H,7-10,14,19-20H2,1-6H3. The number of aromatic nitrogens is 3. The molecule has 0 aliphatic rings. The summed E-state index contributed by atoms with van der Waals surface area (Å²) >= 11 is 1.86. The van der Waals surface area contributed by atoms with Gasteiger partial charge in [0.25, 0.3) is 0 Å². The Hall–Kier alpha value is -2.79. The predicted octanol–water partition coefficient (Wildman–Crippen LogP) is 9.20. The third kappa shape index (κ3) is 6.09. The molecule has 202 valence electrons. The van der Waals surface area contributed by atoms with E-state index in [1.165, 1.54) is 42.6 Å². The van der Waals surface area contributed by atoms with Gasteiger partial charge in [-0.1, -0.05) is 104 Å². The van der Waals surface area contributed by atoms with E-state index in [2.05, 4.69) is 90.1 Å². The molecule has 0 atom stereocenters. The zero-order valence-electron chi connectivity index (χ0n) is 23.9. The van der Waals surface area contributed by atoms with Crippen LogP contribution in [0, 0.1) is 0 Å². The number of aromatic hydroxyl groups is 1. The second-order valence-corrected chi connectivity index (χ2v) is 12.7. The number of fused-ring (bicyclic) bond motifs is 1. The van der Waals surface area contributed by atoms with Crippen LogP contribution in [0.15, 0.2) is 65.6 Å². The number of rotatable bonds is 12. The number of unbranched alkanes of at least 4 members (excludes halogenated alkanes) is 3.